The summed E-state index contributed by atoms with van der Waals surface area (Å²) in [4.78, 5) is 12.2. The number of hydrogen-bond donors (Lipinski definition) is 1. The van der Waals surface area contributed by atoms with E-state index in [2.05, 4.69) is 5.16 Å². The first-order valence-corrected chi connectivity index (χ1v) is 5.61. The lowest BCUT2D eigenvalue weighted by Crippen LogP contribution is -2.16. The first-order chi connectivity index (χ1) is 8.72. The summed E-state index contributed by atoms with van der Waals surface area (Å²) in [5.41, 5.74) is 2.19. The van der Waals surface area contributed by atoms with Gasteiger partial charge in [-0.2, -0.15) is 0 Å². The quantitative estimate of drug-likeness (QED) is 0.387. The Balaban J connectivity index is 2.39. The van der Waals surface area contributed by atoms with Crippen molar-refractivity contribution >= 4 is 11.5 Å². The summed E-state index contributed by atoms with van der Waals surface area (Å²) < 4.78 is 0. The molecular formula is C15H13NO2. The van der Waals surface area contributed by atoms with Gasteiger partial charge in [0.2, 0.25) is 5.78 Å². The van der Waals surface area contributed by atoms with Gasteiger partial charge in [-0.15, -0.1) is 0 Å². The predicted molar refractivity (Wildman–Crippen MR) is 70.3 cm³/mol. The molecule has 2 rings (SSSR count). The van der Waals surface area contributed by atoms with E-state index in [0.29, 0.717) is 11.1 Å². The van der Waals surface area contributed by atoms with Crippen LogP contribution >= 0.6 is 0 Å². The van der Waals surface area contributed by atoms with E-state index in [9.17, 15) is 4.79 Å². The monoisotopic (exact) mass is 239 g/mol. The smallest absolute Gasteiger partial charge is 0.215 e. The van der Waals surface area contributed by atoms with Crippen LogP contribution in [0.5, 0.6) is 0 Å². The SMILES string of the molecule is Cc1cccc(/C(=N\O)C(=O)c2ccccc2)c1. The molecular weight excluding hydrogens is 226 g/mol. The Morgan fingerprint density at radius 3 is 2.28 bits per heavy atom. The summed E-state index contributed by atoms with van der Waals surface area (Å²) in [5.74, 6) is -0.288. The van der Waals surface area contributed by atoms with Gasteiger partial charge < -0.3 is 5.21 Å². The van der Waals surface area contributed by atoms with Crippen LogP contribution in [0.15, 0.2) is 59.8 Å². The Morgan fingerprint density at radius 2 is 1.67 bits per heavy atom. The molecule has 0 unspecified atom stereocenters. The summed E-state index contributed by atoms with van der Waals surface area (Å²) >= 11 is 0. The number of ketones is 1. The fourth-order valence-electron chi connectivity index (χ4n) is 1.75. The lowest BCUT2D eigenvalue weighted by molar-refractivity contribution is 0.106. The summed E-state index contributed by atoms with van der Waals surface area (Å²) in [5, 5.41) is 12.2. The molecule has 0 saturated carbocycles. The van der Waals surface area contributed by atoms with Gasteiger partial charge in [-0.1, -0.05) is 59.3 Å². The Hall–Kier alpha value is -2.42. The van der Waals surface area contributed by atoms with Crippen molar-refractivity contribution in [2.75, 3.05) is 0 Å². The second-order valence-electron chi connectivity index (χ2n) is 4.01. The molecule has 0 fully saturated rings. The van der Waals surface area contributed by atoms with Gasteiger partial charge in [-0.3, -0.25) is 4.79 Å². The molecule has 0 bridgehead atoms. The molecule has 2 aromatic rings. The number of oxime groups is 1. The van der Waals surface area contributed by atoms with Gasteiger partial charge >= 0.3 is 0 Å². The third-order valence-electron chi connectivity index (χ3n) is 2.64. The van der Waals surface area contributed by atoms with Crippen molar-refractivity contribution < 1.29 is 10.0 Å². The van der Waals surface area contributed by atoms with Crippen LogP contribution in [0.25, 0.3) is 0 Å². The van der Waals surface area contributed by atoms with Crippen LogP contribution in [0, 0.1) is 6.92 Å². The predicted octanol–water partition coefficient (Wildman–Crippen LogP) is 3.06. The average Bonchev–Trinajstić information content (AvgIpc) is 2.40. The van der Waals surface area contributed by atoms with Gasteiger partial charge in [0.1, 0.15) is 0 Å². The standard InChI is InChI=1S/C15H13NO2/c1-11-6-5-9-13(10-11)14(16-18)15(17)12-7-3-2-4-8-12/h2-10,18H,1H3/b16-14+. The molecule has 1 N–H and O–H groups in total. The van der Waals surface area contributed by atoms with Crippen molar-refractivity contribution in [3.63, 3.8) is 0 Å². The molecule has 18 heavy (non-hydrogen) atoms. The third kappa shape index (κ3) is 2.46. The van der Waals surface area contributed by atoms with Crippen LogP contribution in [0.2, 0.25) is 0 Å². The lowest BCUT2D eigenvalue weighted by atomic mass is 9.99. The molecule has 0 spiro atoms. The molecule has 0 aromatic heterocycles. The number of Topliss-reactive ketones (excluding diaryl/α,β-unsaturated/α-hetero) is 1. The fraction of sp³-hybridized carbons (Fsp3) is 0.0667. The second kappa shape index (κ2) is 5.27. The van der Waals surface area contributed by atoms with E-state index in [1.54, 1.807) is 30.3 Å². The van der Waals surface area contributed by atoms with Gasteiger partial charge in [0.05, 0.1) is 0 Å². The van der Waals surface area contributed by atoms with Crippen LogP contribution < -0.4 is 0 Å². The molecule has 0 radical (unpaired) electrons. The molecule has 0 aliphatic carbocycles. The molecule has 0 aliphatic heterocycles. The Kier molecular flexibility index (Phi) is 3.53. The highest BCUT2D eigenvalue weighted by molar-refractivity contribution is 6.51. The van der Waals surface area contributed by atoms with Gasteiger partial charge in [0.15, 0.2) is 5.71 Å². The lowest BCUT2D eigenvalue weighted by Gasteiger charge is -2.04. The minimum absolute atomic E-state index is 0.0601. The number of nitrogens with zero attached hydrogens (tertiary/aromatic N) is 1. The highest BCUT2D eigenvalue weighted by Gasteiger charge is 2.16. The van der Waals surface area contributed by atoms with E-state index in [0.717, 1.165) is 5.56 Å². The molecule has 2 aromatic carbocycles. The van der Waals surface area contributed by atoms with Gasteiger partial charge in [-0.05, 0) is 13.0 Å². The highest BCUT2D eigenvalue weighted by atomic mass is 16.4. The molecule has 90 valence electrons. The zero-order valence-corrected chi connectivity index (χ0v) is 10.00. The molecule has 0 atom stereocenters. The van der Waals surface area contributed by atoms with Gasteiger partial charge in [-0.25, -0.2) is 0 Å². The van der Waals surface area contributed by atoms with Crippen molar-refractivity contribution in [3.05, 3.63) is 71.3 Å². The van der Waals surface area contributed by atoms with E-state index in [1.165, 1.54) is 0 Å². The molecule has 3 heteroatoms. The minimum atomic E-state index is -0.288. The maximum Gasteiger partial charge on any atom is 0.215 e. The molecule has 0 saturated heterocycles. The van der Waals surface area contributed by atoms with Crippen LogP contribution in [-0.2, 0) is 0 Å². The van der Waals surface area contributed by atoms with Crippen molar-refractivity contribution in [2.45, 2.75) is 6.92 Å². The minimum Gasteiger partial charge on any atom is -0.410 e. The summed E-state index contributed by atoms with van der Waals surface area (Å²) in [7, 11) is 0. The Morgan fingerprint density at radius 1 is 1.00 bits per heavy atom. The molecule has 3 nitrogen and oxygen atoms in total. The number of hydrogen-bond acceptors (Lipinski definition) is 3. The summed E-state index contributed by atoms with van der Waals surface area (Å²) in [6, 6.07) is 16.1. The molecule has 0 heterocycles. The molecule has 0 aliphatic rings. The van der Waals surface area contributed by atoms with E-state index in [1.807, 2.05) is 31.2 Å². The van der Waals surface area contributed by atoms with Gasteiger partial charge in [0.25, 0.3) is 0 Å². The normalized spacial score (nSPS) is 11.3. The van der Waals surface area contributed by atoms with E-state index in [4.69, 9.17) is 5.21 Å². The number of carbonyl (C=O) groups excluding carboxylic acids is 1. The Labute approximate surface area is 105 Å². The topological polar surface area (TPSA) is 49.7 Å². The van der Waals surface area contributed by atoms with Crippen LogP contribution in [0.3, 0.4) is 0 Å². The molecule has 0 amide bonds. The zero-order valence-electron chi connectivity index (χ0n) is 10.00. The highest BCUT2D eigenvalue weighted by Crippen LogP contribution is 2.10. The van der Waals surface area contributed by atoms with Crippen molar-refractivity contribution in [2.24, 2.45) is 5.16 Å². The third-order valence-corrected chi connectivity index (χ3v) is 2.64. The first kappa shape index (κ1) is 12.0. The van der Waals surface area contributed by atoms with Crippen LogP contribution in [0.4, 0.5) is 0 Å². The van der Waals surface area contributed by atoms with Crippen molar-refractivity contribution in [3.8, 4) is 0 Å². The summed E-state index contributed by atoms with van der Waals surface area (Å²) in [6.45, 7) is 1.92. The number of aryl methyl sites for hydroxylation is 1. The van der Waals surface area contributed by atoms with E-state index < -0.39 is 0 Å². The number of benzene rings is 2. The largest absolute Gasteiger partial charge is 0.410 e. The van der Waals surface area contributed by atoms with Crippen LogP contribution in [0.1, 0.15) is 21.5 Å². The average molecular weight is 239 g/mol. The van der Waals surface area contributed by atoms with E-state index >= 15 is 0 Å². The fourth-order valence-corrected chi connectivity index (χ4v) is 1.75. The zero-order chi connectivity index (χ0) is 13.0. The number of carbonyl (C=O) groups is 1. The van der Waals surface area contributed by atoms with Crippen molar-refractivity contribution in [1.29, 1.82) is 0 Å². The first-order valence-electron chi connectivity index (χ1n) is 5.61. The number of rotatable bonds is 3. The van der Waals surface area contributed by atoms with Crippen LogP contribution in [-0.4, -0.2) is 16.7 Å². The maximum absolute atomic E-state index is 12.2. The van der Waals surface area contributed by atoms with Gasteiger partial charge in [0, 0.05) is 11.1 Å². The van der Waals surface area contributed by atoms with E-state index in [-0.39, 0.29) is 11.5 Å². The Bertz CT molecular complexity index is 588. The maximum atomic E-state index is 12.2. The second-order valence-corrected chi connectivity index (χ2v) is 4.01. The van der Waals surface area contributed by atoms with Crippen molar-refractivity contribution in [1.82, 2.24) is 0 Å². The summed E-state index contributed by atoms with van der Waals surface area (Å²) in [6.07, 6.45) is 0.